The lowest BCUT2D eigenvalue weighted by Crippen LogP contribution is -2.33. The van der Waals surface area contributed by atoms with Crippen molar-refractivity contribution in [3.63, 3.8) is 0 Å². The molecule has 0 aliphatic heterocycles. The average Bonchev–Trinajstić information content (AvgIpc) is 2.28. The molecule has 9 heteroatoms. The number of pyridine rings is 1. The number of sulfonamides is 1. The van der Waals surface area contributed by atoms with Gasteiger partial charge in [0, 0.05) is 26.2 Å². The van der Waals surface area contributed by atoms with Gasteiger partial charge in [-0.3, -0.25) is 4.79 Å². The van der Waals surface area contributed by atoms with Gasteiger partial charge in [0.25, 0.3) is 0 Å². The van der Waals surface area contributed by atoms with E-state index >= 15 is 0 Å². The van der Waals surface area contributed by atoms with E-state index in [0.717, 1.165) is 6.20 Å². The molecule has 0 bridgehead atoms. The Morgan fingerprint density at radius 3 is 2.72 bits per heavy atom. The molecule has 0 saturated heterocycles. The largest absolute Gasteiger partial charge is 0.355 e. The first kappa shape index (κ1) is 15.4. The molecule has 2 N–H and O–H groups in total. The number of nitrogens with one attached hydrogen (secondary N) is 2. The minimum absolute atomic E-state index is 0.00148. The first-order valence-electron chi connectivity index (χ1n) is 4.88. The van der Waals surface area contributed by atoms with Crippen molar-refractivity contribution < 1.29 is 13.2 Å². The molecular formula is C9H11BrClN3O3S. The molecule has 0 aromatic carbocycles. The fraction of sp³-hybridized carbons (Fsp3) is 0.333. The van der Waals surface area contributed by atoms with E-state index in [1.54, 1.807) is 0 Å². The molecule has 0 saturated carbocycles. The SMILES string of the molecule is CC(=O)NCCNS(=O)(=O)c1cnc(Cl)c(Br)c1. The summed E-state index contributed by atoms with van der Waals surface area (Å²) in [5.74, 6) is -0.217. The van der Waals surface area contributed by atoms with Crippen molar-refractivity contribution in [2.24, 2.45) is 0 Å². The molecule has 1 aromatic heterocycles. The van der Waals surface area contributed by atoms with Crippen molar-refractivity contribution >= 4 is 43.5 Å². The van der Waals surface area contributed by atoms with Gasteiger partial charge >= 0.3 is 0 Å². The Kier molecular flexibility index (Phi) is 5.51. The van der Waals surface area contributed by atoms with Crippen LogP contribution in [0.1, 0.15) is 6.92 Å². The van der Waals surface area contributed by atoms with Crippen LogP contribution in [0.2, 0.25) is 5.15 Å². The van der Waals surface area contributed by atoms with Crippen LogP contribution in [-0.4, -0.2) is 32.4 Å². The van der Waals surface area contributed by atoms with E-state index < -0.39 is 10.0 Å². The van der Waals surface area contributed by atoms with Crippen molar-refractivity contribution in [3.8, 4) is 0 Å². The van der Waals surface area contributed by atoms with Crippen molar-refractivity contribution in [1.29, 1.82) is 0 Å². The summed E-state index contributed by atoms with van der Waals surface area (Å²) < 4.78 is 26.4. The molecule has 1 rings (SSSR count). The molecule has 6 nitrogen and oxygen atoms in total. The Labute approximate surface area is 118 Å². The van der Waals surface area contributed by atoms with Gasteiger partial charge < -0.3 is 5.32 Å². The number of carbonyl (C=O) groups is 1. The third-order valence-electron chi connectivity index (χ3n) is 1.87. The van der Waals surface area contributed by atoms with Gasteiger partial charge in [0.05, 0.1) is 4.47 Å². The summed E-state index contributed by atoms with van der Waals surface area (Å²) in [7, 11) is -3.65. The van der Waals surface area contributed by atoms with Crippen molar-refractivity contribution in [2.45, 2.75) is 11.8 Å². The van der Waals surface area contributed by atoms with Crippen LogP contribution in [-0.2, 0) is 14.8 Å². The summed E-state index contributed by atoms with van der Waals surface area (Å²) in [5, 5.41) is 2.67. The highest BCUT2D eigenvalue weighted by Crippen LogP contribution is 2.22. The monoisotopic (exact) mass is 355 g/mol. The third kappa shape index (κ3) is 4.52. The Morgan fingerprint density at radius 2 is 2.17 bits per heavy atom. The summed E-state index contributed by atoms with van der Waals surface area (Å²) in [4.78, 5) is 14.3. The van der Waals surface area contributed by atoms with E-state index in [9.17, 15) is 13.2 Å². The minimum atomic E-state index is -3.65. The molecule has 0 spiro atoms. The maximum Gasteiger partial charge on any atom is 0.242 e. The molecule has 1 amide bonds. The zero-order valence-electron chi connectivity index (χ0n) is 9.41. The molecule has 1 aromatic rings. The third-order valence-corrected chi connectivity index (χ3v) is 4.43. The van der Waals surface area contributed by atoms with Crippen molar-refractivity contribution in [3.05, 3.63) is 21.9 Å². The highest BCUT2D eigenvalue weighted by atomic mass is 79.9. The number of aromatic nitrogens is 1. The normalized spacial score (nSPS) is 11.3. The number of nitrogens with zero attached hydrogens (tertiary/aromatic N) is 1. The highest BCUT2D eigenvalue weighted by molar-refractivity contribution is 9.10. The molecule has 0 fully saturated rings. The molecular weight excluding hydrogens is 346 g/mol. The van der Waals surface area contributed by atoms with E-state index in [1.807, 2.05) is 0 Å². The van der Waals surface area contributed by atoms with Crippen molar-refractivity contribution in [1.82, 2.24) is 15.0 Å². The second-order valence-corrected chi connectivity index (χ2v) is 6.30. The van der Waals surface area contributed by atoms with Crippen LogP contribution >= 0.6 is 27.5 Å². The highest BCUT2D eigenvalue weighted by Gasteiger charge is 2.15. The minimum Gasteiger partial charge on any atom is -0.355 e. The topological polar surface area (TPSA) is 88.2 Å². The number of halogens is 2. The van der Waals surface area contributed by atoms with Gasteiger partial charge in [0.1, 0.15) is 10.0 Å². The van der Waals surface area contributed by atoms with Gasteiger partial charge in [-0.2, -0.15) is 0 Å². The number of amides is 1. The van der Waals surface area contributed by atoms with Crippen LogP contribution in [0.25, 0.3) is 0 Å². The molecule has 1 heterocycles. The molecule has 0 atom stereocenters. The summed E-state index contributed by atoms with van der Waals surface area (Å²) in [6.45, 7) is 1.67. The maximum absolute atomic E-state index is 11.8. The van der Waals surface area contributed by atoms with Gasteiger partial charge in [-0.1, -0.05) is 11.6 Å². The fourth-order valence-corrected chi connectivity index (χ4v) is 2.66. The zero-order valence-corrected chi connectivity index (χ0v) is 12.6. The number of rotatable bonds is 5. The lowest BCUT2D eigenvalue weighted by molar-refractivity contribution is -0.118. The Balaban J connectivity index is 2.68. The van der Waals surface area contributed by atoms with Gasteiger partial charge in [0.2, 0.25) is 15.9 Å². The van der Waals surface area contributed by atoms with Gasteiger partial charge in [0.15, 0.2) is 0 Å². The smallest absolute Gasteiger partial charge is 0.242 e. The number of hydrogen-bond acceptors (Lipinski definition) is 4. The standard InChI is InChI=1S/C9H11BrClN3O3S/c1-6(15)12-2-3-14-18(16,17)7-4-8(10)9(11)13-5-7/h4-5,14H,2-3H2,1H3,(H,12,15). The quantitative estimate of drug-likeness (QED) is 0.606. The number of carbonyl (C=O) groups excluding carboxylic acids is 1. The Bertz CT molecular complexity index is 550. The lowest BCUT2D eigenvalue weighted by Gasteiger charge is -2.07. The van der Waals surface area contributed by atoms with Gasteiger partial charge in [-0.25, -0.2) is 18.1 Å². The molecule has 0 aliphatic rings. The summed E-state index contributed by atoms with van der Waals surface area (Å²) in [6.07, 6.45) is 1.16. The first-order chi connectivity index (χ1) is 8.33. The van der Waals surface area contributed by atoms with Gasteiger partial charge in [-0.05, 0) is 22.0 Å². The van der Waals surface area contributed by atoms with Crippen molar-refractivity contribution in [2.75, 3.05) is 13.1 Å². The van der Waals surface area contributed by atoms with E-state index in [0.29, 0.717) is 4.47 Å². The van der Waals surface area contributed by atoms with E-state index in [4.69, 9.17) is 11.6 Å². The lowest BCUT2D eigenvalue weighted by atomic mass is 10.5. The molecule has 0 unspecified atom stereocenters. The summed E-state index contributed by atoms with van der Waals surface area (Å²) >= 11 is 8.77. The molecule has 0 radical (unpaired) electrons. The summed E-state index contributed by atoms with van der Waals surface area (Å²) in [5.41, 5.74) is 0. The number of hydrogen-bond donors (Lipinski definition) is 2. The van der Waals surface area contributed by atoms with E-state index in [1.165, 1.54) is 13.0 Å². The average molecular weight is 357 g/mol. The van der Waals surface area contributed by atoms with Crippen LogP contribution in [0.5, 0.6) is 0 Å². The molecule has 0 aliphatic carbocycles. The second-order valence-electron chi connectivity index (χ2n) is 3.32. The molecule has 100 valence electrons. The van der Waals surface area contributed by atoms with Crippen LogP contribution in [0, 0.1) is 0 Å². The Hall–Kier alpha value is -0.700. The van der Waals surface area contributed by atoms with Crippen LogP contribution in [0.15, 0.2) is 21.6 Å². The zero-order chi connectivity index (χ0) is 13.8. The first-order valence-corrected chi connectivity index (χ1v) is 7.53. The van der Waals surface area contributed by atoms with Gasteiger partial charge in [-0.15, -0.1) is 0 Å². The van der Waals surface area contributed by atoms with Crippen LogP contribution < -0.4 is 10.0 Å². The fourth-order valence-electron chi connectivity index (χ4n) is 1.06. The van der Waals surface area contributed by atoms with E-state index in [-0.39, 0.29) is 29.0 Å². The van der Waals surface area contributed by atoms with Crippen LogP contribution in [0.3, 0.4) is 0 Å². The van der Waals surface area contributed by atoms with E-state index in [2.05, 4.69) is 31.0 Å². The van der Waals surface area contributed by atoms with Crippen LogP contribution in [0.4, 0.5) is 0 Å². The Morgan fingerprint density at radius 1 is 1.50 bits per heavy atom. The second kappa shape index (κ2) is 6.46. The summed E-state index contributed by atoms with van der Waals surface area (Å²) in [6, 6.07) is 1.36. The molecule has 18 heavy (non-hydrogen) atoms. The predicted octanol–water partition coefficient (Wildman–Crippen LogP) is 0.912. The maximum atomic E-state index is 11.8. The predicted molar refractivity (Wildman–Crippen MR) is 70.8 cm³/mol.